The highest BCUT2D eigenvalue weighted by Crippen LogP contribution is 2.13. The molecule has 0 aliphatic rings. The molecule has 2 aromatic heterocycles. The summed E-state index contributed by atoms with van der Waals surface area (Å²) in [5.74, 6) is 0.791. The van der Waals surface area contributed by atoms with Crippen LogP contribution in [0.5, 0.6) is 0 Å². The van der Waals surface area contributed by atoms with Gasteiger partial charge in [0.15, 0.2) is 0 Å². The lowest BCUT2D eigenvalue weighted by molar-refractivity contribution is 0.959. The molecule has 3 aromatic rings. The van der Waals surface area contributed by atoms with Crippen molar-refractivity contribution in [2.24, 2.45) is 0 Å². The van der Waals surface area contributed by atoms with Crippen LogP contribution in [0, 0.1) is 0 Å². The molecule has 0 aliphatic carbocycles. The summed E-state index contributed by atoms with van der Waals surface area (Å²) in [7, 11) is 0. The van der Waals surface area contributed by atoms with Gasteiger partial charge in [0.2, 0.25) is 0 Å². The van der Waals surface area contributed by atoms with Crippen molar-refractivity contribution in [3.8, 4) is 0 Å². The third-order valence-corrected chi connectivity index (χ3v) is 2.81. The van der Waals surface area contributed by atoms with Crippen molar-refractivity contribution in [2.45, 2.75) is 6.54 Å². The average Bonchev–Trinajstić information content (AvgIpc) is 2.85. The van der Waals surface area contributed by atoms with E-state index in [4.69, 9.17) is 11.6 Å². The number of H-pyrrole nitrogens is 1. The number of anilines is 1. The fourth-order valence-corrected chi connectivity index (χ4v) is 1.78. The van der Waals surface area contributed by atoms with Gasteiger partial charge in [0.25, 0.3) is 0 Å². The van der Waals surface area contributed by atoms with Crippen LogP contribution in [0.15, 0.2) is 36.5 Å². The maximum absolute atomic E-state index is 5.77. The number of fused-ring (bicyclic) bond motifs is 1. The minimum atomic E-state index is 0.629. The minimum absolute atomic E-state index is 0.629. The van der Waals surface area contributed by atoms with Gasteiger partial charge in [-0.05, 0) is 29.8 Å². The first kappa shape index (κ1) is 11.0. The summed E-state index contributed by atoms with van der Waals surface area (Å²) < 4.78 is 0. The molecule has 1 aromatic carbocycles. The topological polar surface area (TPSA) is 66.5 Å². The van der Waals surface area contributed by atoms with Gasteiger partial charge in [-0.3, -0.25) is 0 Å². The monoisotopic (exact) mass is 259 g/mol. The number of aromatic nitrogens is 4. The van der Waals surface area contributed by atoms with E-state index in [-0.39, 0.29) is 0 Å². The fraction of sp³-hybridized carbons (Fsp3) is 0.0833. The van der Waals surface area contributed by atoms with Gasteiger partial charge in [-0.15, -0.1) is 0 Å². The lowest BCUT2D eigenvalue weighted by atomic mass is 10.2. The quantitative estimate of drug-likeness (QED) is 0.759. The second-order valence-electron chi connectivity index (χ2n) is 3.86. The van der Waals surface area contributed by atoms with E-state index in [9.17, 15) is 0 Å². The largest absolute Gasteiger partial charge is 0.366 e. The summed E-state index contributed by atoms with van der Waals surface area (Å²) in [6.45, 7) is 0.678. The molecular formula is C12H10ClN5. The van der Waals surface area contributed by atoms with E-state index in [0.717, 1.165) is 22.4 Å². The van der Waals surface area contributed by atoms with Crippen molar-refractivity contribution in [1.29, 1.82) is 0 Å². The Morgan fingerprint density at radius 1 is 1.11 bits per heavy atom. The molecule has 2 N–H and O–H groups in total. The molecule has 0 saturated heterocycles. The van der Waals surface area contributed by atoms with Gasteiger partial charge in [-0.25, -0.2) is 4.98 Å². The second-order valence-corrected chi connectivity index (χ2v) is 4.30. The normalized spacial score (nSPS) is 10.7. The first-order valence-electron chi connectivity index (χ1n) is 5.46. The molecule has 0 spiro atoms. The Hall–Kier alpha value is -2.14. The van der Waals surface area contributed by atoms with Gasteiger partial charge in [-0.2, -0.15) is 15.4 Å². The third kappa shape index (κ3) is 2.26. The standard InChI is InChI=1S/C12H10ClN5/c13-9-2-4-12(15-7-9)14-6-8-1-3-10-11(5-8)17-18-16-10/h1-5,7H,6H2,(H,14,15)(H,16,17,18). The molecule has 0 bridgehead atoms. The van der Waals surface area contributed by atoms with Gasteiger partial charge in [-0.1, -0.05) is 17.7 Å². The highest BCUT2D eigenvalue weighted by Gasteiger charge is 2.00. The van der Waals surface area contributed by atoms with Crippen LogP contribution in [0.25, 0.3) is 11.0 Å². The highest BCUT2D eigenvalue weighted by molar-refractivity contribution is 6.30. The molecule has 3 rings (SSSR count). The summed E-state index contributed by atoms with van der Waals surface area (Å²) in [5.41, 5.74) is 2.84. The van der Waals surface area contributed by atoms with Crippen molar-refractivity contribution >= 4 is 28.5 Å². The molecule has 0 atom stereocenters. The number of benzene rings is 1. The third-order valence-electron chi connectivity index (χ3n) is 2.58. The Kier molecular flexibility index (Phi) is 2.82. The first-order chi connectivity index (χ1) is 8.81. The Labute approximate surface area is 108 Å². The van der Waals surface area contributed by atoms with E-state index in [2.05, 4.69) is 25.7 Å². The zero-order valence-electron chi connectivity index (χ0n) is 9.39. The summed E-state index contributed by atoms with van der Waals surface area (Å²) in [6.07, 6.45) is 1.62. The lowest BCUT2D eigenvalue weighted by Gasteiger charge is -2.05. The van der Waals surface area contributed by atoms with Gasteiger partial charge < -0.3 is 5.32 Å². The molecule has 6 heteroatoms. The Bertz CT molecular complexity index is 662. The van der Waals surface area contributed by atoms with Gasteiger partial charge in [0.1, 0.15) is 16.9 Å². The molecule has 0 radical (unpaired) electrons. The molecule has 0 amide bonds. The van der Waals surface area contributed by atoms with Crippen LogP contribution >= 0.6 is 11.6 Å². The Morgan fingerprint density at radius 3 is 2.83 bits per heavy atom. The number of aromatic amines is 1. The molecule has 5 nitrogen and oxygen atoms in total. The minimum Gasteiger partial charge on any atom is -0.366 e. The van der Waals surface area contributed by atoms with Crippen LogP contribution in [-0.2, 0) is 6.54 Å². The zero-order valence-corrected chi connectivity index (χ0v) is 10.1. The number of halogens is 1. The lowest BCUT2D eigenvalue weighted by Crippen LogP contribution is -2.00. The van der Waals surface area contributed by atoms with E-state index in [1.165, 1.54) is 0 Å². The number of hydrogen-bond donors (Lipinski definition) is 2. The zero-order chi connectivity index (χ0) is 12.4. The van der Waals surface area contributed by atoms with E-state index >= 15 is 0 Å². The first-order valence-corrected chi connectivity index (χ1v) is 5.84. The van der Waals surface area contributed by atoms with Gasteiger partial charge >= 0.3 is 0 Å². The second kappa shape index (κ2) is 4.62. The fourth-order valence-electron chi connectivity index (χ4n) is 1.67. The van der Waals surface area contributed by atoms with Crippen molar-refractivity contribution in [3.63, 3.8) is 0 Å². The van der Waals surface area contributed by atoms with Crippen LogP contribution in [0.2, 0.25) is 5.02 Å². The van der Waals surface area contributed by atoms with Gasteiger partial charge in [0.05, 0.1) is 5.02 Å². The molecule has 0 fully saturated rings. The molecule has 0 saturated carbocycles. The van der Waals surface area contributed by atoms with Crippen LogP contribution in [0.1, 0.15) is 5.56 Å². The smallest absolute Gasteiger partial charge is 0.126 e. The molecule has 0 aliphatic heterocycles. The van der Waals surface area contributed by atoms with E-state index in [0.29, 0.717) is 11.6 Å². The summed E-state index contributed by atoms with van der Waals surface area (Å²) in [4.78, 5) is 4.17. The highest BCUT2D eigenvalue weighted by atomic mass is 35.5. The SMILES string of the molecule is Clc1ccc(NCc2ccc3n[nH]nc3c2)nc1. The molecule has 18 heavy (non-hydrogen) atoms. The van der Waals surface area contributed by atoms with Crippen molar-refractivity contribution in [2.75, 3.05) is 5.32 Å². The summed E-state index contributed by atoms with van der Waals surface area (Å²) in [5, 5.41) is 14.5. The molecule has 90 valence electrons. The predicted molar refractivity (Wildman–Crippen MR) is 70.5 cm³/mol. The van der Waals surface area contributed by atoms with Crippen LogP contribution in [-0.4, -0.2) is 20.4 Å². The van der Waals surface area contributed by atoms with Gasteiger partial charge in [0, 0.05) is 12.7 Å². The molecule has 0 unspecified atom stereocenters. The molecular weight excluding hydrogens is 250 g/mol. The van der Waals surface area contributed by atoms with Crippen LogP contribution in [0.4, 0.5) is 5.82 Å². The van der Waals surface area contributed by atoms with E-state index in [1.807, 2.05) is 24.3 Å². The van der Waals surface area contributed by atoms with Crippen LogP contribution in [0.3, 0.4) is 0 Å². The maximum Gasteiger partial charge on any atom is 0.126 e. The number of pyridine rings is 1. The summed E-state index contributed by atoms with van der Waals surface area (Å²) >= 11 is 5.77. The maximum atomic E-state index is 5.77. The van der Waals surface area contributed by atoms with E-state index < -0.39 is 0 Å². The number of hydrogen-bond acceptors (Lipinski definition) is 4. The predicted octanol–water partition coefficient (Wildman–Crippen LogP) is 2.62. The van der Waals surface area contributed by atoms with E-state index in [1.54, 1.807) is 12.3 Å². The summed E-state index contributed by atoms with van der Waals surface area (Å²) in [6, 6.07) is 9.58. The number of nitrogens with zero attached hydrogens (tertiary/aromatic N) is 3. The van der Waals surface area contributed by atoms with Crippen molar-refractivity contribution in [1.82, 2.24) is 20.4 Å². The average molecular weight is 260 g/mol. The molecule has 2 heterocycles. The van der Waals surface area contributed by atoms with Crippen molar-refractivity contribution < 1.29 is 0 Å². The Balaban J connectivity index is 1.74. The number of nitrogens with one attached hydrogen (secondary N) is 2. The number of rotatable bonds is 3. The van der Waals surface area contributed by atoms with Crippen LogP contribution < -0.4 is 5.32 Å². The Morgan fingerprint density at radius 2 is 2.00 bits per heavy atom. The van der Waals surface area contributed by atoms with Crippen molar-refractivity contribution in [3.05, 3.63) is 47.1 Å².